The summed E-state index contributed by atoms with van der Waals surface area (Å²) < 4.78 is 63.3. The first-order chi connectivity index (χ1) is 24.1. The number of likely N-dealkylation sites (N-methyl/N-ethyl adjacent to an activating group) is 1. The molecule has 308 valence electrons. The molecule has 3 saturated heterocycles. The second-order valence-corrected chi connectivity index (χ2v) is 22.7. The molecule has 0 saturated carbocycles. The molecule has 16 atom stereocenters. The van der Waals surface area contributed by atoms with Crippen LogP contribution in [-0.4, -0.2) is 218 Å². The number of nitrogens with zero attached hydrogens (tertiary/aromatic N) is 1. The van der Waals surface area contributed by atoms with Crippen molar-refractivity contribution in [3.8, 4) is 0 Å². The molecule has 9 N–H and O–H groups in total. The van der Waals surface area contributed by atoms with Gasteiger partial charge in [0.1, 0.15) is 86.4 Å². The summed E-state index contributed by atoms with van der Waals surface area (Å²) in [5.74, 6) is 0. The second-order valence-electron chi connectivity index (χ2n) is 15.4. The highest BCUT2D eigenvalue weighted by Crippen LogP contribution is 2.49. The van der Waals surface area contributed by atoms with Crippen LogP contribution in [0.5, 0.6) is 0 Å². The quantitative estimate of drug-likeness (QED) is 0.0351. The Morgan fingerprint density at radius 2 is 0.962 bits per heavy atom. The number of quaternary nitrogens is 1. The molecule has 0 aromatic heterocycles. The summed E-state index contributed by atoms with van der Waals surface area (Å²) in [5, 5.41) is 94.7. The number of aliphatic hydroxyl groups is 9. The van der Waals surface area contributed by atoms with Gasteiger partial charge in [-0.25, -0.2) is 4.57 Å². The molecule has 52 heavy (non-hydrogen) atoms. The van der Waals surface area contributed by atoms with Gasteiger partial charge in [0.2, 0.25) is 0 Å². The van der Waals surface area contributed by atoms with E-state index in [0.717, 1.165) is 6.04 Å². The molecule has 3 aliphatic heterocycles. The first-order valence-electron chi connectivity index (χ1n) is 17.4. The van der Waals surface area contributed by atoms with E-state index in [1.54, 1.807) is 6.92 Å². The van der Waals surface area contributed by atoms with E-state index in [1.165, 1.54) is 0 Å². The maximum atomic E-state index is 13.1. The highest BCUT2D eigenvalue weighted by molar-refractivity contribution is 7.48. The lowest BCUT2D eigenvalue weighted by Gasteiger charge is -2.44. The predicted octanol–water partition coefficient (Wildman–Crippen LogP) is -3.32. The number of phosphoric acid groups is 1. The zero-order chi connectivity index (χ0) is 39.2. The van der Waals surface area contributed by atoms with Crippen LogP contribution in [0, 0.1) is 0 Å². The molecule has 3 heterocycles. The highest BCUT2D eigenvalue weighted by atomic mass is 31.2. The summed E-state index contributed by atoms with van der Waals surface area (Å²) in [6.07, 6.45) is -24.2. The number of rotatable bonds is 19. The SMILES string of the molecule is CCOP(=O)(OCC[N+](C)(C)C)OC[C@H]1O[C@@H](OC[C@H]2O[C@@H](OC[C@H]3O[C@@H](OCC[Si](C)(C)C)[C@H](O)[C@@H](O)[C@H]3O)[C@H](O)[C@@H](O)[C@H]2O)[C@H](O)[C@@H](O)[C@H]1O. The van der Waals surface area contributed by atoms with Crippen LogP contribution >= 0.6 is 7.82 Å². The Hall–Kier alpha value is -0.313. The molecule has 0 bridgehead atoms. The van der Waals surface area contributed by atoms with Crippen molar-refractivity contribution in [1.82, 2.24) is 0 Å². The molecule has 3 rings (SSSR count). The summed E-state index contributed by atoms with van der Waals surface area (Å²) in [7, 11) is 0.0874. The number of hydrogen-bond donors (Lipinski definition) is 9. The van der Waals surface area contributed by atoms with Gasteiger partial charge in [0, 0.05) is 14.7 Å². The first-order valence-corrected chi connectivity index (χ1v) is 22.5. The van der Waals surface area contributed by atoms with Crippen LogP contribution in [-0.2, 0) is 46.6 Å². The zero-order valence-corrected chi connectivity index (χ0v) is 32.7. The van der Waals surface area contributed by atoms with E-state index >= 15 is 0 Å². The summed E-state index contributed by atoms with van der Waals surface area (Å²) >= 11 is 0. The molecule has 0 radical (unpaired) electrons. The Morgan fingerprint density at radius 3 is 1.35 bits per heavy atom. The van der Waals surface area contributed by atoms with Gasteiger partial charge in [0.25, 0.3) is 0 Å². The topological polar surface area (TPSA) is 282 Å². The lowest BCUT2D eigenvalue weighted by molar-refractivity contribution is -0.870. The Bertz CT molecular complexity index is 1120. The molecular weight excluding hydrogens is 737 g/mol. The molecule has 3 aliphatic rings. The van der Waals surface area contributed by atoms with Gasteiger partial charge in [0.15, 0.2) is 18.9 Å². The van der Waals surface area contributed by atoms with Gasteiger partial charge < -0.3 is 78.9 Å². The predicted molar refractivity (Wildman–Crippen MR) is 180 cm³/mol. The fourth-order valence-corrected chi connectivity index (χ4v) is 7.20. The van der Waals surface area contributed by atoms with Crippen LogP contribution in [0.25, 0.3) is 0 Å². The molecule has 0 aliphatic carbocycles. The zero-order valence-electron chi connectivity index (χ0n) is 30.8. The van der Waals surface area contributed by atoms with E-state index in [4.69, 9.17) is 42.0 Å². The van der Waals surface area contributed by atoms with Crippen molar-refractivity contribution in [2.75, 3.05) is 67.3 Å². The summed E-state index contributed by atoms with van der Waals surface area (Å²) in [4.78, 5) is 0. The van der Waals surface area contributed by atoms with Crippen molar-refractivity contribution in [3.05, 3.63) is 0 Å². The third kappa shape index (κ3) is 13.1. The van der Waals surface area contributed by atoms with Crippen LogP contribution in [0.2, 0.25) is 25.7 Å². The maximum absolute atomic E-state index is 13.1. The normalized spacial score (nSPS) is 40.4. The van der Waals surface area contributed by atoms with Crippen LogP contribution in [0.3, 0.4) is 0 Å². The molecule has 1 unspecified atom stereocenters. The Morgan fingerprint density at radius 1 is 0.558 bits per heavy atom. The minimum atomic E-state index is -4.12. The monoisotopic (exact) mass is 798 g/mol. The van der Waals surface area contributed by atoms with Crippen molar-refractivity contribution < 1.29 is 97.0 Å². The molecule has 22 heteroatoms. The van der Waals surface area contributed by atoms with E-state index in [2.05, 4.69) is 19.6 Å². The van der Waals surface area contributed by atoms with Crippen LogP contribution < -0.4 is 0 Å². The molecule has 3 fully saturated rings. The van der Waals surface area contributed by atoms with E-state index in [1.807, 2.05) is 21.1 Å². The average molecular weight is 799 g/mol. The van der Waals surface area contributed by atoms with Crippen molar-refractivity contribution in [3.63, 3.8) is 0 Å². The lowest BCUT2D eigenvalue weighted by atomic mass is 9.98. The Balaban J connectivity index is 1.60. The van der Waals surface area contributed by atoms with Crippen molar-refractivity contribution in [1.29, 1.82) is 0 Å². The van der Waals surface area contributed by atoms with Gasteiger partial charge in [-0.05, 0) is 13.0 Å². The fourth-order valence-electron chi connectivity index (χ4n) is 5.30. The van der Waals surface area contributed by atoms with Crippen molar-refractivity contribution in [2.24, 2.45) is 0 Å². The minimum Gasteiger partial charge on any atom is -0.387 e. The average Bonchev–Trinajstić information content (AvgIpc) is 3.05. The first kappa shape index (κ1) is 46.1. The summed E-state index contributed by atoms with van der Waals surface area (Å²) in [5.41, 5.74) is 0. The van der Waals surface area contributed by atoms with Gasteiger partial charge in [-0.3, -0.25) is 13.6 Å². The third-order valence-corrected chi connectivity index (χ3v) is 11.9. The molecule has 0 aromatic rings. The smallest absolute Gasteiger partial charge is 0.387 e. The second kappa shape index (κ2) is 19.7. The molecule has 20 nitrogen and oxygen atoms in total. The summed E-state index contributed by atoms with van der Waals surface area (Å²) in [6, 6.07) is 0.740. The number of aliphatic hydroxyl groups excluding tert-OH is 9. The van der Waals surface area contributed by atoms with E-state index in [9.17, 15) is 50.5 Å². The van der Waals surface area contributed by atoms with Gasteiger partial charge in [0.05, 0.1) is 47.6 Å². The van der Waals surface area contributed by atoms with E-state index in [0.29, 0.717) is 11.0 Å². The largest absolute Gasteiger partial charge is 0.475 e. The van der Waals surface area contributed by atoms with Gasteiger partial charge in [-0.1, -0.05) is 19.6 Å². The van der Waals surface area contributed by atoms with Gasteiger partial charge in [-0.2, -0.15) is 0 Å². The highest BCUT2D eigenvalue weighted by Gasteiger charge is 2.50. The Kier molecular flexibility index (Phi) is 17.5. The van der Waals surface area contributed by atoms with Crippen molar-refractivity contribution >= 4 is 15.9 Å². The number of ether oxygens (including phenoxy) is 6. The van der Waals surface area contributed by atoms with Crippen LogP contribution in [0.1, 0.15) is 6.92 Å². The molecule has 0 aromatic carbocycles. The number of hydrogen-bond acceptors (Lipinski definition) is 19. The maximum Gasteiger partial charge on any atom is 0.475 e. The van der Waals surface area contributed by atoms with Gasteiger partial charge in [-0.15, -0.1) is 0 Å². The molecule has 0 amide bonds. The Labute approximate surface area is 304 Å². The fraction of sp³-hybridized carbons (Fsp3) is 1.00. The van der Waals surface area contributed by atoms with Crippen LogP contribution in [0.4, 0.5) is 0 Å². The van der Waals surface area contributed by atoms with E-state index < -0.39 is 128 Å². The third-order valence-electron chi connectivity index (χ3n) is 8.68. The van der Waals surface area contributed by atoms with Crippen LogP contribution in [0.15, 0.2) is 0 Å². The van der Waals surface area contributed by atoms with Gasteiger partial charge >= 0.3 is 7.82 Å². The lowest BCUT2D eigenvalue weighted by Crippen LogP contribution is -2.62. The molecule has 0 spiro atoms. The number of phosphoric ester groups is 1. The summed E-state index contributed by atoms with van der Waals surface area (Å²) in [6.45, 7) is 6.92. The standard InChI is InChI=1S/C30H61NO19PSi/c1-8-45-51(41,46-10-9-31(2,3)4)47-15-18-21(34)24(37)27(40)30(50-18)44-14-17-20(33)23(36)26(39)29(49-17)43-13-16-19(32)22(35)25(38)28(48-16)42-11-12-52(5,6)7/h16-30,32-40H,8-15H2,1-7H3/q+1/t16-,17-,18-,19+,20+,21+,22+,23+,24+,25-,26-,27-,28-,29-,30-,51?/m1/s1. The van der Waals surface area contributed by atoms with E-state index in [-0.39, 0.29) is 19.8 Å². The minimum absolute atomic E-state index is 0.0179. The van der Waals surface area contributed by atoms with Crippen molar-refractivity contribution in [2.45, 2.75) is 125 Å². The molecular formula is C30H61NO19PSi+.